The average Bonchev–Trinajstić information content (AvgIpc) is 3.07. The van der Waals surface area contributed by atoms with Crippen LogP contribution in [0.25, 0.3) is 0 Å². The summed E-state index contributed by atoms with van der Waals surface area (Å²) in [5.74, 6) is 0.665. The van der Waals surface area contributed by atoms with E-state index < -0.39 is 29.1 Å². The number of anilines is 1. The normalized spacial score (nSPS) is 11.8. The highest BCUT2D eigenvalue weighted by atomic mass is 19.4. The maximum Gasteiger partial charge on any atom is 0.437 e. The molecular weight excluding hydrogens is 409 g/mol. The Hall–Kier alpha value is -3.49. The molecule has 0 atom stereocenters. The summed E-state index contributed by atoms with van der Waals surface area (Å²) in [7, 11) is 1.35. The number of hydrogen-bond donors (Lipinski definition) is 2. The van der Waals surface area contributed by atoms with Crippen LogP contribution in [0.4, 0.5) is 23.7 Å². The molecule has 0 radical (unpaired) electrons. The minimum Gasteiger partial charge on any atom is -0.489 e. The van der Waals surface area contributed by atoms with Gasteiger partial charge in [0.25, 0.3) is 0 Å². The highest BCUT2D eigenvalue weighted by Crippen LogP contribution is 2.33. The fourth-order valence-corrected chi connectivity index (χ4v) is 3.01. The molecule has 3 aromatic rings. The molecule has 2 aromatic carbocycles. The molecule has 0 aliphatic rings. The van der Waals surface area contributed by atoms with Gasteiger partial charge < -0.3 is 15.4 Å². The van der Waals surface area contributed by atoms with E-state index in [0.717, 1.165) is 22.0 Å². The Kier molecular flexibility index (Phi) is 6.24. The first-order valence-electron chi connectivity index (χ1n) is 9.52. The maximum atomic E-state index is 13.1. The van der Waals surface area contributed by atoms with Gasteiger partial charge in [0.1, 0.15) is 12.4 Å². The first kappa shape index (κ1) is 22.2. The van der Waals surface area contributed by atoms with Gasteiger partial charge >= 0.3 is 12.2 Å². The number of amides is 2. The standard InChI is InChI=1S/C22H23F3N4O2/c1-21(2,27-20(30)26-18-13-29(3)28-19(18)22(23,24)25)16-9-11-17(12-10-16)31-14-15-7-5-4-6-8-15/h4-13H,14H2,1-3H3,(H2,26,27,30). The van der Waals surface area contributed by atoms with E-state index in [-0.39, 0.29) is 0 Å². The Labute approximate surface area is 178 Å². The van der Waals surface area contributed by atoms with E-state index in [4.69, 9.17) is 4.74 Å². The number of carbonyl (C=O) groups excluding carboxylic acids is 1. The summed E-state index contributed by atoms with van der Waals surface area (Å²) in [5.41, 5.74) is -0.602. The third-order valence-corrected chi connectivity index (χ3v) is 4.60. The van der Waals surface area contributed by atoms with Crippen LogP contribution in [0.3, 0.4) is 0 Å². The van der Waals surface area contributed by atoms with Crippen molar-refractivity contribution in [2.75, 3.05) is 5.32 Å². The molecular formula is C22H23F3N4O2. The summed E-state index contributed by atoms with van der Waals surface area (Å²) in [6.07, 6.45) is -3.57. The number of carbonyl (C=O) groups is 1. The second kappa shape index (κ2) is 8.71. The van der Waals surface area contributed by atoms with E-state index >= 15 is 0 Å². The Morgan fingerprint density at radius 3 is 2.32 bits per heavy atom. The van der Waals surface area contributed by atoms with Gasteiger partial charge in [0, 0.05) is 13.2 Å². The van der Waals surface area contributed by atoms with Gasteiger partial charge in [0.05, 0.1) is 11.2 Å². The molecule has 0 spiro atoms. The number of alkyl halides is 3. The maximum absolute atomic E-state index is 13.1. The van der Waals surface area contributed by atoms with Crippen LogP contribution in [0.5, 0.6) is 5.75 Å². The summed E-state index contributed by atoms with van der Waals surface area (Å²) in [6.45, 7) is 3.93. The molecule has 2 N–H and O–H groups in total. The summed E-state index contributed by atoms with van der Waals surface area (Å²) in [4.78, 5) is 12.4. The van der Waals surface area contributed by atoms with Crippen molar-refractivity contribution in [1.29, 1.82) is 0 Å². The smallest absolute Gasteiger partial charge is 0.437 e. The Morgan fingerprint density at radius 2 is 1.71 bits per heavy atom. The Balaban J connectivity index is 1.63. The zero-order chi connectivity index (χ0) is 22.6. The molecule has 6 nitrogen and oxygen atoms in total. The van der Waals surface area contributed by atoms with E-state index in [0.29, 0.717) is 12.4 Å². The predicted molar refractivity (Wildman–Crippen MR) is 111 cm³/mol. The topological polar surface area (TPSA) is 68.2 Å². The van der Waals surface area contributed by atoms with Gasteiger partial charge in [-0.25, -0.2) is 4.79 Å². The third-order valence-electron chi connectivity index (χ3n) is 4.60. The summed E-state index contributed by atoms with van der Waals surface area (Å²) < 4.78 is 45.9. The summed E-state index contributed by atoms with van der Waals surface area (Å²) in [5, 5.41) is 8.30. The molecule has 0 aliphatic heterocycles. The lowest BCUT2D eigenvalue weighted by Gasteiger charge is -2.27. The minimum atomic E-state index is -4.67. The molecule has 2 amide bonds. The summed E-state index contributed by atoms with van der Waals surface area (Å²) in [6, 6.07) is 16.1. The van der Waals surface area contributed by atoms with Gasteiger partial charge in [-0.15, -0.1) is 0 Å². The zero-order valence-corrected chi connectivity index (χ0v) is 17.3. The number of aromatic nitrogens is 2. The van der Waals surface area contributed by atoms with Crippen LogP contribution in [0, 0.1) is 0 Å². The quantitative estimate of drug-likeness (QED) is 0.571. The number of nitrogens with one attached hydrogen (secondary N) is 2. The second-order valence-corrected chi connectivity index (χ2v) is 7.57. The molecule has 1 aromatic heterocycles. The monoisotopic (exact) mass is 432 g/mol. The molecule has 1 heterocycles. The first-order chi connectivity index (χ1) is 14.5. The predicted octanol–water partition coefficient (Wildman–Crippen LogP) is 5.07. The van der Waals surface area contributed by atoms with Crippen LogP contribution in [-0.2, 0) is 25.4 Å². The SMILES string of the molecule is Cn1cc(NC(=O)NC(C)(C)c2ccc(OCc3ccccc3)cc2)c(C(F)(F)F)n1. The van der Waals surface area contributed by atoms with E-state index in [1.807, 2.05) is 30.3 Å². The molecule has 0 unspecified atom stereocenters. The lowest BCUT2D eigenvalue weighted by Crippen LogP contribution is -2.43. The molecule has 0 saturated heterocycles. The lowest BCUT2D eigenvalue weighted by atomic mass is 9.94. The number of aryl methyl sites for hydroxylation is 1. The van der Waals surface area contributed by atoms with Crippen molar-refractivity contribution in [3.63, 3.8) is 0 Å². The molecule has 9 heteroatoms. The van der Waals surface area contributed by atoms with Crippen LogP contribution in [0.15, 0.2) is 60.8 Å². The van der Waals surface area contributed by atoms with Crippen LogP contribution in [-0.4, -0.2) is 15.8 Å². The number of benzene rings is 2. The fraction of sp³-hybridized carbons (Fsp3) is 0.273. The van der Waals surface area contributed by atoms with Gasteiger partial charge in [0.2, 0.25) is 0 Å². The van der Waals surface area contributed by atoms with Crippen LogP contribution < -0.4 is 15.4 Å². The Bertz CT molecular complexity index is 1030. The second-order valence-electron chi connectivity index (χ2n) is 7.57. The fourth-order valence-electron chi connectivity index (χ4n) is 3.01. The van der Waals surface area contributed by atoms with Crippen LogP contribution in [0.1, 0.15) is 30.7 Å². The van der Waals surface area contributed by atoms with Crippen LogP contribution in [0.2, 0.25) is 0 Å². The van der Waals surface area contributed by atoms with Gasteiger partial charge in [0.15, 0.2) is 5.69 Å². The largest absolute Gasteiger partial charge is 0.489 e. The Morgan fingerprint density at radius 1 is 1.06 bits per heavy atom. The molecule has 164 valence electrons. The first-order valence-corrected chi connectivity index (χ1v) is 9.52. The molecule has 0 aliphatic carbocycles. The van der Waals surface area contributed by atoms with Gasteiger partial charge in [-0.2, -0.15) is 18.3 Å². The average molecular weight is 432 g/mol. The van der Waals surface area contributed by atoms with E-state index in [2.05, 4.69) is 15.7 Å². The number of urea groups is 1. The van der Waals surface area contributed by atoms with Crippen molar-refractivity contribution in [3.8, 4) is 5.75 Å². The lowest BCUT2D eigenvalue weighted by molar-refractivity contribution is -0.140. The van der Waals surface area contributed by atoms with Gasteiger partial charge in [-0.1, -0.05) is 42.5 Å². The highest BCUT2D eigenvalue weighted by molar-refractivity contribution is 5.90. The van der Waals surface area contributed by atoms with E-state index in [1.54, 1.807) is 38.1 Å². The number of hydrogen-bond acceptors (Lipinski definition) is 3. The van der Waals surface area contributed by atoms with Crippen molar-refractivity contribution < 1.29 is 22.7 Å². The summed E-state index contributed by atoms with van der Waals surface area (Å²) >= 11 is 0. The van der Waals surface area contributed by atoms with Gasteiger partial charge in [-0.3, -0.25) is 4.68 Å². The van der Waals surface area contributed by atoms with Crippen molar-refractivity contribution in [1.82, 2.24) is 15.1 Å². The van der Waals surface area contributed by atoms with Gasteiger partial charge in [-0.05, 0) is 37.1 Å². The van der Waals surface area contributed by atoms with Crippen molar-refractivity contribution in [2.45, 2.75) is 32.2 Å². The third kappa shape index (κ3) is 5.78. The van der Waals surface area contributed by atoms with E-state index in [1.165, 1.54) is 7.05 Å². The molecule has 31 heavy (non-hydrogen) atoms. The number of rotatable bonds is 6. The molecule has 0 fully saturated rings. The van der Waals surface area contributed by atoms with Crippen molar-refractivity contribution >= 4 is 11.7 Å². The number of nitrogens with zero attached hydrogens (tertiary/aromatic N) is 2. The minimum absolute atomic E-state index is 0.409. The number of ether oxygens (including phenoxy) is 1. The number of halogens is 3. The highest BCUT2D eigenvalue weighted by Gasteiger charge is 2.38. The van der Waals surface area contributed by atoms with Crippen LogP contribution >= 0.6 is 0 Å². The molecule has 3 rings (SSSR count). The van der Waals surface area contributed by atoms with Crippen molar-refractivity contribution in [3.05, 3.63) is 77.6 Å². The molecule has 0 bridgehead atoms. The molecule has 0 saturated carbocycles. The zero-order valence-electron chi connectivity index (χ0n) is 17.3. The van der Waals surface area contributed by atoms with Crippen molar-refractivity contribution in [2.24, 2.45) is 7.05 Å². The van der Waals surface area contributed by atoms with E-state index in [9.17, 15) is 18.0 Å².